The molecule has 120 valence electrons. The van der Waals surface area contributed by atoms with E-state index < -0.39 is 5.60 Å². The zero-order valence-corrected chi connectivity index (χ0v) is 13.7. The van der Waals surface area contributed by atoms with Crippen LogP contribution in [0.15, 0.2) is 0 Å². The maximum absolute atomic E-state index is 10.7. The lowest BCUT2D eigenvalue weighted by molar-refractivity contribution is 0.00218. The number of hydrogen-bond donors (Lipinski definition) is 3. The number of rotatable bonds is 6. The van der Waals surface area contributed by atoms with Crippen LogP contribution in [0.2, 0.25) is 0 Å². The van der Waals surface area contributed by atoms with Crippen molar-refractivity contribution in [2.75, 3.05) is 17.6 Å². The molecule has 0 amide bonds. The van der Waals surface area contributed by atoms with Gasteiger partial charge in [-0.15, -0.1) is 0 Å². The molecule has 21 heavy (non-hydrogen) atoms. The zero-order valence-electron chi connectivity index (χ0n) is 13.7. The molecule has 0 atom stereocenters. The van der Waals surface area contributed by atoms with E-state index in [0.717, 1.165) is 56.1 Å². The minimum absolute atomic E-state index is 0.558. The maximum atomic E-state index is 10.7. The highest BCUT2D eigenvalue weighted by molar-refractivity contribution is 5.64. The summed E-state index contributed by atoms with van der Waals surface area (Å²) in [6, 6.07) is 0. The molecule has 0 aromatic carbocycles. The lowest BCUT2D eigenvalue weighted by Gasteiger charge is -2.36. The minimum atomic E-state index is -0.604. The second-order valence-corrected chi connectivity index (χ2v) is 6.50. The summed E-state index contributed by atoms with van der Waals surface area (Å²) in [7, 11) is 0. The molecule has 1 fully saturated rings. The molecule has 1 aromatic rings. The Bertz CT molecular complexity index is 461. The fourth-order valence-corrected chi connectivity index (χ4v) is 3.20. The predicted molar refractivity (Wildman–Crippen MR) is 87.4 cm³/mol. The van der Waals surface area contributed by atoms with Gasteiger partial charge in [0.25, 0.3) is 0 Å². The lowest BCUT2D eigenvalue weighted by atomic mass is 9.78. The number of hydrogen-bond acceptors (Lipinski definition) is 4. The van der Waals surface area contributed by atoms with Gasteiger partial charge in [0, 0.05) is 13.1 Å². The third-order valence-electron chi connectivity index (χ3n) is 4.81. The summed E-state index contributed by atoms with van der Waals surface area (Å²) in [5.74, 6) is 1.64. The second kappa shape index (κ2) is 6.69. The van der Waals surface area contributed by atoms with Crippen molar-refractivity contribution >= 4 is 11.5 Å². The van der Waals surface area contributed by atoms with Crippen LogP contribution in [0, 0.1) is 12.8 Å². The maximum Gasteiger partial charge on any atom is 0.148 e. The first kappa shape index (κ1) is 16.1. The third kappa shape index (κ3) is 3.70. The van der Waals surface area contributed by atoms with Crippen LogP contribution in [0.5, 0.6) is 0 Å². The van der Waals surface area contributed by atoms with Gasteiger partial charge < -0.3 is 16.2 Å². The molecular formula is C16H30N4O. The Labute approximate surface area is 127 Å². The van der Waals surface area contributed by atoms with E-state index in [1.54, 1.807) is 0 Å². The van der Waals surface area contributed by atoms with Crippen LogP contribution < -0.4 is 11.1 Å². The number of nitrogen functional groups attached to an aromatic ring is 1. The molecule has 4 N–H and O–H groups in total. The molecule has 1 aromatic heterocycles. The van der Waals surface area contributed by atoms with Gasteiger partial charge in [-0.05, 0) is 44.9 Å². The number of nitrogens with zero attached hydrogens (tertiary/aromatic N) is 2. The van der Waals surface area contributed by atoms with Crippen molar-refractivity contribution in [1.29, 1.82) is 0 Å². The molecular weight excluding hydrogens is 264 g/mol. The number of nitrogens with one attached hydrogen (secondary N) is 1. The first-order valence-electron chi connectivity index (χ1n) is 8.28. The standard InChI is InChI=1S/C16H30N4O/c1-4-10-20-15(14(17)12(3)19-20)18-11-16(21)8-6-13(5-2)7-9-16/h13,18,21H,4-11,17H2,1-3H3. The summed E-state index contributed by atoms with van der Waals surface area (Å²) >= 11 is 0. The molecule has 0 radical (unpaired) electrons. The summed E-state index contributed by atoms with van der Waals surface area (Å²) < 4.78 is 1.92. The van der Waals surface area contributed by atoms with Gasteiger partial charge in [-0.3, -0.25) is 0 Å². The third-order valence-corrected chi connectivity index (χ3v) is 4.81. The summed E-state index contributed by atoms with van der Waals surface area (Å²) in [5, 5.41) is 18.5. The highest BCUT2D eigenvalue weighted by Crippen LogP contribution is 2.34. The van der Waals surface area contributed by atoms with Crippen LogP contribution in [0.25, 0.3) is 0 Å². The van der Waals surface area contributed by atoms with Gasteiger partial charge >= 0.3 is 0 Å². The summed E-state index contributed by atoms with van der Waals surface area (Å²) in [6.07, 6.45) is 6.23. The average molecular weight is 294 g/mol. The quantitative estimate of drug-likeness (QED) is 0.754. The topological polar surface area (TPSA) is 76.1 Å². The molecule has 2 rings (SSSR count). The van der Waals surface area contributed by atoms with Crippen molar-refractivity contribution < 1.29 is 5.11 Å². The summed E-state index contributed by atoms with van der Waals surface area (Å²) in [5.41, 5.74) is 7.06. The second-order valence-electron chi connectivity index (χ2n) is 6.50. The molecule has 0 unspecified atom stereocenters. The van der Waals surface area contributed by atoms with Crippen molar-refractivity contribution in [1.82, 2.24) is 9.78 Å². The van der Waals surface area contributed by atoms with E-state index >= 15 is 0 Å². The number of aromatic nitrogens is 2. The molecule has 0 spiro atoms. The van der Waals surface area contributed by atoms with Gasteiger partial charge in [0.15, 0.2) is 0 Å². The van der Waals surface area contributed by atoms with Crippen molar-refractivity contribution in [2.45, 2.75) is 71.4 Å². The van der Waals surface area contributed by atoms with Crippen molar-refractivity contribution in [3.63, 3.8) is 0 Å². The number of aliphatic hydroxyl groups is 1. The molecule has 1 saturated carbocycles. The number of nitrogens with two attached hydrogens (primary N) is 1. The highest BCUT2D eigenvalue weighted by Gasteiger charge is 2.32. The van der Waals surface area contributed by atoms with E-state index in [-0.39, 0.29) is 0 Å². The van der Waals surface area contributed by atoms with E-state index in [1.165, 1.54) is 6.42 Å². The fraction of sp³-hybridized carbons (Fsp3) is 0.812. The van der Waals surface area contributed by atoms with E-state index in [0.29, 0.717) is 12.2 Å². The van der Waals surface area contributed by atoms with Crippen molar-refractivity contribution in [3.05, 3.63) is 5.69 Å². The molecule has 5 heteroatoms. The first-order valence-corrected chi connectivity index (χ1v) is 8.28. The van der Waals surface area contributed by atoms with Crippen LogP contribution in [-0.4, -0.2) is 27.0 Å². The lowest BCUT2D eigenvalue weighted by Crippen LogP contribution is -2.41. The smallest absolute Gasteiger partial charge is 0.148 e. The SMILES string of the molecule is CCCn1nc(C)c(N)c1NCC1(O)CCC(CC)CC1. The Morgan fingerprint density at radius 3 is 2.62 bits per heavy atom. The number of aryl methyl sites for hydroxylation is 2. The van der Waals surface area contributed by atoms with Crippen molar-refractivity contribution in [3.8, 4) is 0 Å². The highest BCUT2D eigenvalue weighted by atomic mass is 16.3. The molecule has 5 nitrogen and oxygen atoms in total. The molecule has 1 heterocycles. The molecule has 0 aliphatic heterocycles. The normalized spacial score (nSPS) is 26.0. The first-order chi connectivity index (χ1) is 9.99. The van der Waals surface area contributed by atoms with Crippen LogP contribution >= 0.6 is 0 Å². The van der Waals surface area contributed by atoms with E-state index in [9.17, 15) is 5.11 Å². The minimum Gasteiger partial charge on any atom is -0.394 e. The molecule has 1 aliphatic rings. The van der Waals surface area contributed by atoms with Gasteiger partial charge in [-0.1, -0.05) is 20.3 Å². The molecule has 0 saturated heterocycles. The van der Waals surface area contributed by atoms with Crippen LogP contribution in [0.1, 0.15) is 58.1 Å². The van der Waals surface area contributed by atoms with Gasteiger partial charge in [0.05, 0.1) is 17.0 Å². The monoisotopic (exact) mass is 294 g/mol. The Kier molecular flexibility index (Phi) is 5.14. The zero-order chi connectivity index (χ0) is 15.5. The Morgan fingerprint density at radius 2 is 2.05 bits per heavy atom. The predicted octanol–water partition coefficient (Wildman–Crippen LogP) is 2.93. The van der Waals surface area contributed by atoms with Crippen LogP contribution in [0.4, 0.5) is 11.5 Å². The molecule has 0 bridgehead atoms. The van der Waals surface area contributed by atoms with E-state index in [2.05, 4.69) is 24.3 Å². The largest absolute Gasteiger partial charge is 0.394 e. The van der Waals surface area contributed by atoms with Gasteiger partial charge in [0.2, 0.25) is 0 Å². The Hall–Kier alpha value is -1.23. The van der Waals surface area contributed by atoms with Crippen molar-refractivity contribution in [2.24, 2.45) is 5.92 Å². The van der Waals surface area contributed by atoms with Crippen LogP contribution in [0.3, 0.4) is 0 Å². The molecule has 1 aliphatic carbocycles. The van der Waals surface area contributed by atoms with E-state index in [1.807, 2.05) is 11.6 Å². The summed E-state index contributed by atoms with van der Waals surface area (Å²) in [6.45, 7) is 7.68. The number of anilines is 2. The Balaban J connectivity index is 1.99. The van der Waals surface area contributed by atoms with Gasteiger partial charge in [-0.2, -0.15) is 5.10 Å². The Morgan fingerprint density at radius 1 is 1.38 bits per heavy atom. The van der Waals surface area contributed by atoms with Gasteiger partial charge in [-0.25, -0.2) is 4.68 Å². The van der Waals surface area contributed by atoms with Gasteiger partial charge in [0.1, 0.15) is 5.82 Å². The summed E-state index contributed by atoms with van der Waals surface area (Å²) in [4.78, 5) is 0. The average Bonchev–Trinajstić information content (AvgIpc) is 2.73. The fourth-order valence-electron chi connectivity index (χ4n) is 3.20. The van der Waals surface area contributed by atoms with Crippen LogP contribution in [-0.2, 0) is 6.54 Å². The van der Waals surface area contributed by atoms with E-state index in [4.69, 9.17) is 5.73 Å².